The van der Waals surface area contributed by atoms with Crippen molar-refractivity contribution in [2.75, 3.05) is 25.6 Å². The Hall–Kier alpha value is -1.55. The summed E-state index contributed by atoms with van der Waals surface area (Å²) in [6, 6.07) is 8.10. The Morgan fingerprint density at radius 1 is 1.39 bits per heavy atom. The Labute approximate surface area is 109 Å². The van der Waals surface area contributed by atoms with Crippen LogP contribution in [-0.4, -0.2) is 32.2 Å². The van der Waals surface area contributed by atoms with Gasteiger partial charge in [0.1, 0.15) is 0 Å². The summed E-state index contributed by atoms with van der Waals surface area (Å²) in [5.74, 6) is 0.0423. The third kappa shape index (κ3) is 5.19. The quantitative estimate of drug-likeness (QED) is 0.777. The van der Waals surface area contributed by atoms with Crippen LogP contribution in [-0.2, 0) is 9.53 Å². The van der Waals surface area contributed by atoms with Crippen LogP contribution >= 0.6 is 0 Å². The monoisotopic (exact) mass is 250 g/mol. The van der Waals surface area contributed by atoms with Crippen molar-refractivity contribution in [3.63, 3.8) is 0 Å². The lowest BCUT2D eigenvalue weighted by Crippen LogP contribution is -2.36. The number of para-hydroxylation sites is 1. The molecular weight excluding hydrogens is 228 g/mol. The van der Waals surface area contributed by atoms with Gasteiger partial charge in [0.15, 0.2) is 0 Å². The maximum absolute atomic E-state index is 11.6. The first-order valence-corrected chi connectivity index (χ1v) is 6.21. The van der Waals surface area contributed by atoms with Crippen LogP contribution in [0.2, 0.25) is 0 Å². The van der Waals surface area contributed by atoms with Gasteiger partial charge < -0.3 is 15.4 Å². The van der Waals surface area contributed by atoms with Crippen molar-refractivity contribution in [3.05, 3.63) is 29.8 Å². The molecule has 4 nitrogen and oxygen atoms in total. The van der Waals surface area contributed by atoms with Crippen LogP contribution in [0.25, 0.3) is 0 Å². The average molecular weight is 250 g/mol. The molecule has 0 aromatic heterocycles. The number of hydrogen-bond donors (Lipinski definition) is 2. The lowest BCUT2D eigenvalue weighted by atomic mass is 10.2. The molecule has 1 aromatic rings. The predicted octanol–water partition coefficient (Wildman–Crippen LogP) is 1.95. The number of methoxy groups -OCH3 is 1. The SMILES string of the molecule is COC[C@@H](C)NC(=O)CCNc1ccccc1C. The van der Waals surface area contributed by atoms with Gasteiger partial charge in [-0.2, -0.15) is 0 Å². The van der Waals surface area contributed by atoms with Crippen LogP contribution in [0.4, 0.5) is 5.69 Å². The van der Waals surface area contributed by atoms with Crippen molar-refractivity contribution in [1.29, 1.82) is 0 Å². The van der Waals surface area contributed by atoms with Crippen LogP contribution in [0.5, 0.6) is 0 Å². The van der Waals surface area contributed by atoms with E-state index in [2.05, 4.69) is 10.6 Å². The minimum absolute atomic E-state index is 0.0423. The molecule has 0 saturated heterocycles. The Kier molecular flexibility index (Phi) is 6.22. The van der Waals surface area contributed by atoms with Gasteiger partial charge in [0.2, 0.25) is 5.91 Å². The van der Waals surface area contributed by atoms with Crippen LogP contribution in [0.1, 0.15) is 18.9 Å². The molecule has 1 aromatic carbocycles. The fourth-order valence-electron chi connectivity index (χ4n) is 1.72. The van der Waals surface area contributed by atoms with Crippen molar-refractivity contribution in [3.8, 4) is 0 Å². The summed E-state index contributed by atoms with van der Waals surface area (Å²) in [5.41, 5.74) is 2.26. The van der Waals surface area contributed by atoms with Gasteiger partial charge in [0.05, 0.1) is 6.61 Å². The molecule has 18 heavy (non-hydrogen) atoms. The first-order chi connectivity index (χ1) is 8.63. The van der Waals surface area contributed by atoms with E-state index in [1.54, 1.807) is 7.11 Å². The number of rotatable bonds is 7. The van der Waals surface area contributed by atoms with E-state index in [1.165, 1.54) is 5.56 Å². The molecule has 0 heterocycles. The number of aryl methyl sites for hydroxylation is 1. The zero-order valence-corrected chi connectivity index (χ0v) is 11.3. The van der Waals surface area contributed by atoms with Crippen LogP contribution in [0, 0.1) is 6.92 Å². The van der Waals surface area contributed by atoms with Gasteiger partial charge in [-0.1, -0.05) is 18.2 Å². The molecule has 0 bridgehead atoms. The van der Waals surface area contributed by atoms with Crippen molar-refractivity contribution in [2.45, 2.75) is 26.3 Å². The summed E-state index contributed by atoms with van der Waals surface area (Å²) >= 11 is 0. The molecule has 1 amide bonds. The van der Waals surface area contributed by atoms with E-state index >= 15 is 0 Å². The zero-order valence-electron chi connectivity index (χ0n) is 11.3. The van der Waals surface area contributed by atoms with Gasteiger partial charge in [-0.3, -0.25) is 4.79 Å². The second-order valence-corrected chi connectivity index (χ2v) is 4.42. The molecule has 1 atom stereocenters. The summed E-state index contributed by atoms with van der Waals surface area (Å²) < 4.78 is 4.96. The smallest absolute Gasteiger partial charge is 0.222 e. The van der Waals surface area contributed by atoms with Crippen LogP contribution < -0.4 is 10.6 Å². The summed E-state index contributed by atoms with van der Waals surface area (Å²) in [6.07, 6.45) is 0.461. The van der Waals surface area contributed by atoms with E-state index in [9.17, 15) is 4.79 Å². The highest BCUT2D eigenvalue weighted by molar-refractivity contribution is 5.76. The molecule has 0 radical (unpaired) electrons. The first kappa shape index (κ1) is 14.5. The summed E-state index contributed by atoms with van der Waals surface area (Å²) in [5, 5.41) is 6.13. The van der Waals surface area contributed by atoms with Gasteiger partial charge in [0, 0.05) is 31.8 Å². The Morgan fingerprint density at radius 2 is 2.11 bits per heavy atom. The number of amides is 1. The molecule has 0 spiro atoms. The molecule has 0 aliphatic heterocycles. The lowest BCUT2D eigenvalue weighted by Gasteiger charge is -2.13. The largest absolute Gasteiger partial charge is 0.384 e. The number of ether oxygens (including phenoxy) is 1. The third-order valence-corrected chi connectivity index (χ3v) is 2.64. The molecular formula is C14H22N2O2. The number of hydrogen-bond acceptors (Lipinski definition) is 3. The highest BCUT2D eigenvalue weighted by atomic mass is 16.5. The molecule has 2 N–H and O–H groups in total. The predicted molar refractivity (Wildman–Crippen MR) is 73.8 cm³/mol. The zero-order chi connectivity index (χ0) is 13.4. The number of nitrogens with one attached hydrogen (secondary N) is 2. The Bertz CT molecular complexity index is 380. The van der Waals surface area contributed by atoms with Gasteiger partial charge in [-0.05, 0) is 25.5 Å². The number of carbonyl (C=O) groups is 1. The van der Waals surface area contributed by atoms with Gasteiger partial charge in [-0.15, -0.1) is 0 Å². The number of anilines is 1. The Balaban J connectivity index is 2.25. The third-order valence-electron chi connectivity index (χ3n) is 2.64. The maximum Gasteiger partial charge on any atom is 0.222 e. The van der Waals surface area contributed by atoms with Gasteiger partial charge in [-0.25, -0.2) is 0 Å². The molecule has 1 rings (SSSR count). The summed E-state index contributed by atoms with van der Waals surface area (Å²) in [6.45, 7) is 5.15. The normalized spacial score (nSPS) is 11.9. The molecule has 4 heteroatoms. The first-order valence-electron chi connectivity index (χ1n) is 6.21. The minimum Gasteiger partial charge on any atom is -0.384 e. The molecule has 0 fully saturated rings. The molecule has 0 saturated carbocycles. The summed E-state index contributed by atoms with van der Waals surface area (Å²) in [7, 11) is 1.63. The van der Waals surface area contributed by atoms with Crippen LogP contribution in [0.15, 0.2) is 24.3 Å². The fourth-order valence-corrected chi connectivity index (χ4v) is 1.72. The van der Waals surface area contributed by atoms with Gasteiger partial charge >= 0.3 is 0 Å². The second kappa shape index (κ2) is 7.71. The van der Waals surface area contributed by atoms with E-state index in [4.69, 9.17) is 4.74 Å². The van der Waals surface area contributed by atoms with Crippen molar-refractivity contribution in [1.82, 2.24) is 5.32 Å². The second-order valence-electron chi connectivity index (χ2n) is 4.42. The standard InChI is InChI=1S/C14H22N2O2/c1-11-6-4-5-7-13(11)15-9-8-14(17)16-12(2)10-18-3/h4-7,12,15H,8-10H2,1-3H3,(H,16,17)/t12-/m1/s1. The fraction of sp³-hybridized carbons (Fsp3) is 0.500. The average Bonchev–Trinajstić information content (AvgIpc) is 2.31. The minimum atomic E-state index is 0.0423. The van der Waals surface area contributed by atoms with E-state index in [-0.39, 0.29) is 11.9 Å². The van der Waals surface area contributed by atoms with E-state index < -0.39 is 0 Å². The van der Waals surface area contributed by atoms with Crippen molar-refractivity contribution < 1.29 is 9.53 Å². The van der Waals surface area contributed by atoms with Crippen molar-refractivity contribution in [2.24, 2.45) is 0 Å². The summed E-state index contributed by atoms with van der Waals surface area (Å²) in [4.78, 5) is 11.6. The van der Waals surface area contributed by atoms with Gasteiger partial charge in [0.25, 0.3) is 0 Å². The molecule has 0 aliphatic carbocycles. The molecule has 100 valence electrons. The van der Waals surface area contributed by atoms with Crippen LogP contribution in [0.3, 0.4) is 0 Å². The van der Waals surface area contributed by atoms with Crippen molar-refractivity contribution >= 4 is 11.6 Å². The Morgan fingerprint density at radius 3 is 2.78 bits per heavy atom. The lowest BCUT2D eigenvalue weighted by molar-refractivity contribution is -0.121. The van der Waals surface area contributed by atoms with E-state index in [0.29, 0.717) is 19.6 Å². The van der Waals surface area contributed by atoms with E-state index in [1.807, 2.05) is 38.1 Å². The highest BCUT2D eigenvalue weighted by Gasteiger charge is 2.06. The topological polar surface area (TPSA) is 50.4 Å². The highest BCUT2D eigenvalue weighted by Crippen LogP contribution is 2.12. The molecule has 0 unspecified atom stereocenters. The van der Waals surface area contributed by atoms with E-state index in [0.717, 1.165) is 5.69 Å². The maximum atomic E-state index is 11.6. The number of carbonyl (C=O) groups excluding carboxylic acids is 1. The molecule has 0 aliphatic rings. The number of benzene rings is 1.